The minimum Gasteiger partial charge on any atom is -0.461 e. The van der Waals surface area contributed by atoms with E-state index in [0.717, 1.165) is 12.4 Å². The van der Waals surface area contributed by atoms with Crippen molar-refractivity contribution in [3.05, 3.63) is 28.7 Å². The van der Waals surface area contributed by atoms with Crippen LogP contribution in [0.1, 0.15) is 6.92 Å². The van der Waals surface area contributed by atoms with E-state index in [9.17, 15) is 19.7 Å². The van der Waals surface area contributed by atoms with Gasteiger partial charge in [0.15, 0.2) is 5.70 Å². The van der Waals surface area contributed by atoms with Crippen molar-refractivity contribution in [2.75, 3.05) is 6.61 Å². The fourth-order valence-electron chi connectivity index (χ4n) is 1.02. The molecule has 0 radical (unpaired) electrons. The predicted molar refractivity (Wildman–Crippen MR) is 50.4 cm³/mol. The zero-order chi connectivity index (χ0) is 12.1. The van der Waals surface area contributed by atoms with E-state index in [2.05, 4.69) is 15.2 Å². The van der Waals surface area contributed by atoms with Gasteiger partial charge < -0.3 is 10.1 Å². The molecule has 0 fully saturated rings. The Hall–Kier alpha value is -2.22. The predicted octanol–water partition coefficient (Wildman–Crippen LogP) is -0.180. The summed E-state index contributed by atoms with van der Waals surface area (Å²) in [5.41, 5.74) is -1.36. The molecule has 1 amide bonds. The number of ether oxygens (including phenoxy) is 1. The van der Waals surface area contributed by atoms with E-state index in [1.807, 2.05) is 0 Å². The average molecular weight is 227 g/mol. The maximum Gasteiger partial charge on any atom is 0.363 e. The van der Waals surface area contributed by atoms with Crippen LogP contribution in [-0.4, -0.2) is 28.8 Å². The van der Waals surface area contributed by atoms with Gasteiger partial charge in [-0.05, 0) is 12.1 Å². The number of carbonyl (C=O) groups is 2. The third kappa shape index (κ3) is 2.23. The number of hydrogen-bond donors (Lipinski definition) is 2. The largest absolute Gasteiger partial charge is 0.461 e. The van der Waals surface area contributed by atoms with Crippen molar-refractivity contribution in [2.24, 2.45) is 5.18 Å². The number of hydrogen-bond acceptors (Lipinski definition) is 7. The third-order valence-corrected chi connectivity index (χ3v) is 1.66. The second-order valence-electron chi connectivity index (χ2n) is 2.64. The van der Waals surface area contributed by atoms with Gasteiger partial charge in [0.25, 0.3) is 5.91 Å². The minimum atomic E-state index is -1.07. The Balaban J connectivity index is 3.15. The Bertz CT molecular complexity index is 387. The van der Waals surface area contributed by atoms with E-state index >= 15 is 0 Å². The number of nitroso groups, excluding NO2 is 1. The van der Waals surface area contributed by atoms with Crippen LogP contribution >= 0.6 is 0 Å². The standard InChI is InChI=1S/C8H9N3O5/c1-2-16-8(13)5(10-14)6-7(12)9-3-4-11(6)15/h3-4,15H,2H2,1H3,(H,9,12). The molecule has 0 spiro atoms. The summed E-state index contributed by atoms with van der Waals surface area (Å²) in [6, 6.07) is 0. The molecule has 0 aromatic rings. The topological polar surface area (TPSA) is 108 Å². The van der Waals surface area contributed by atoms with Gasteiger partial charge in [0, 0.05) is 12.4 Å². The van der Waals surface area contributed by atoms with E-state index in [1.165, 1.54) is 6.92 Å². The summed E-state index contributed by atoms with van der Waals surface area (Å²) in [6.45, 7) is 1.55. The Kier molecular flexibility index (Phi) is 3.72. The van der Waals surface area contributed by atoms with Gasteiger partial charge in [0.05, 0.1) is 6.61 Å². The zero-order valence-corrected chi connectivity index (χ0v) is 8.34. The molecule has 0 unspecified atom stereocenters. The number of carbonyl (C=O) groups excluding carboxylic acids is 2. The molecule has 16 heavy (non-hydrogen) atoms. The molecule has 0 saturated heterocycles. The van der Waals surface area contributed by atoms with E-state index < -0.39 is 23.3 Å². The maximum absolute atomic E-state index is 11.3. The van der Waals surface area contributed by atoms with Gasteiger partial charge in [-0.3, -0.25) is 10.0 Å². The van der Waals surface area contributed by atoms with Crippen molar-refractivity contribution in [3.8, 4) is 0 Å². The smallest absolute Gasteiger partial charge is 0.363 e. The monoisotopic (exact) mass is 227 g/mol. The van der Waals surface area contributed by atoms with Crippen molar-refractivity contribution in [1.29, 1.82) is 0 Å². The fourth-order valence-corrected chi connectivity index (χ4v) is 1.02. The van der Waals surface area contributed by atoms with Gasteiger partial charge >= 0.3 is 5.97 Å². The molecule has 0 saturated carbocycles. The van der Waals surface area contributed by atoms with E-state index in [-0.39, 0.29) is 6.61 Å². The number of amides is 1. The highest BCUT2D eigenvalue weighted by molar-refractivity contribution is 6.02. The Morgan fingerprint density at radius 3 is 2.88 bits per heavy atom. The van der Waals surface area contributed by atoms with E-state index in [0.29, 0.717) is 5.06 Å². The molecule has 1 aliphatic heterocycles. The average Bonchev–Trinajstić information content (AvgIpc) is 2.24. The van der Waals surface area contributed by atoms with Crippen LogP contribution in [-0.2, 0) is 14.3 Å². The first-order valence-electron chi connectivity index (χ1n) is 4.32. The highest BCUT2D eigenvalue weighted by atomic mass is 16.5. The van der Waals surface area contributed by atoms with Gasteiger partial charge in [-0.1, -0.05) is 0 Å². The second-order valence-corrected chi connectivity index (χ2v) is 2.64. The molecule has 1 rings (SSSR count). The summed E-state index contributed by atoms with van der Waals surface area (Å²) in [6.07, 6.45) is 2.18. The Morgan fingerprint density at radius 1 is 1.69 bits per heavy atom. The Morgan fingerprint density at radius 2 is 2.38 bits per heavy atom. The van der Waals surface area contributed by atoms with Gasteiger partial charge in [-0.15, -0.1) is 4.91 Å². The van der Waals surface area contributed by atoms with Crippen molar-refractivity contribution in [1.82, 2.24) is 10.4 Å². The molecule has 8 nitrogen and oxygen atoms in total. The van der Waals surface area contributed by atoms with Crippen LogP contribution < -0.4 is 5.32 Å². The van der Waals surface area contributed by atoms with Crippen LogP contribution in [0.5, 0.6) is 0 Å². The molecule has 86 valence electrons. The first-order valence-corrected chi connectivity index (χ1v) is 4.32. The van der Waals surface area contributed by atoms with Crippen LogP contribution in [0.2, 0.25) is 0 Å². The molecular weight excluding hydrogens is 218 g/mol. The molecule has 1 aliphatic rings. The number of nitrogens with one attached hydrogen (secondary N) is 1. The normalized spacial score (nSPS) is 17.9. The van der Waals surface area contributed by atoms with Gasteiger partial charge in [-0.2, -0.15) is 0 Å². The van der Waals surface area contributed by atoms with Crippen LogP contribution in [0.25, 0.3) is 0 Å². The Labute approximate surface area is 90.1 Å². The number of esters is 1. The summed E-state index contributed by atoms with van der Waals surface area (Å²) >= 11 is 0. The second kappa shape index (κ2) is 5.03. The molecule has 0 aromatic heterocycles. The van der Waals surface area contributed by atoms with Crippen LogP contribution in [0.3, 0.4) is 0 Å². The lowest BCUT2D eigenvalue weighted by atomic mass is 10.3. The summed E-state index contributed by atoms with van der Waals surface area (Å²) in [5.74, 6) is -1.90. The molecule has 8 heteroatoms. The molecule has 1 heterocycles. The molecule has 0 atom stereocenters. The molecule has 0 aromatic carbocycles. The van der Waals surface area contributed by atoms with Gasteiger partial charge in [-0.25, -0.2) is 9.86 Å². The van der Waals surface area contributed by atoms with Crippen molar-refractivity contribution in [3.63, 3.8) is 0 Å². The highest BCUT2D eigenvalue weighted by Gasteiger charge is 2.28. The summed E-state index contributed by atoms with van der Waals surface area (Å²) in [4.78, 5) is 33.0. The first-order chi connectivity index (χ1) is 7.61. The lowest BCUT2D eigenvalue weighted by molar-refractivity contribution is -0.140. The molecule has 2 N–H and O–H groups in total. The zero-order valence-electron chi connectivity index (χ0n) is 8.34. The first kappa shape index (κ1) is 11.9. The number of rotatable bonds is 3. The van der Waals surface area contributed by atoms with Crippen LogP contribution in [0.4, 0.5) is 0 Å². The summed E-state index contributed by atoms with van der Waals surface area (Å²) < 4.78 is 4.51. The van der Waals surface area contributed by atoms with Crippen molar-refractivity contribution >= 4 is 11.9 Å². The molecular formula is C8H9N3O5. The molecule has 0 aliphatic carbocycles. The maximum atomic E-state index is 11.3. The van der Waals surface area contributed by atoms with Crippen LogP contribution in [0, 0.1) is 4.91 Å². The lowest BCUT2D eigenvalue weighted by Crippen LogP contribution is -2.35. The summed E-state index contributed by atoms with van der Waals surface area (Å²) in [5, 5.41) is 14.2. The quantitative estimate of drug-likeness (QED) is 0.393. The third-order valence-electron chi connectivity index (χ3n) is 1.66. The van der Waals surface area contributed by atoms with E-state index in [1.54, 1.807) is 0 Å². The fraction of sp³-hybridized carbons (Fsp3) is 0.250. The number of hydroxylamine groups is 2. The van der Waals surface area contributed by atoms with E-state index in [4.69, 9.17) is 0 Å². The number of nitrogens with zero attached hydrogens (tertiary/aromatic N) is 2. The summed E-state index contributed by atoms with van der Waals surface area (Å²) in [7, 11) is 0. The lowest BCUT2D eigenvalue weighted by Gasteiger charge is -2.19. The SMILES string of the molecule is CCOC(=O)C(N=O)=C1C(=O)NC=CN1O. The van der Waals surface area contributed by atoms with Crippen molar-refractivity contribution < 1.29 is 19.5 Å². The van der Waals surface area contributed by atoms with Gasteiger partial charge in [0.1, 0.15) is 0 Å². The van der Waals surface area contributed by atoms with Crippen molar-refractivity contribution in [2.45, 2.75) is 6.92 Å². The molecule has 0 bridgehead atoms. The van der Waals surface area contributed by atoms with Crippen LogP contribution in [0.15, 0.2) is 29.0 Å². The highest BCUT2D eigenvalue weighted by Crippen LogP contribution is 2.15. The van der Waals surface area contributed by atoms with Gasteiger partial charge in [0.2, 0.25) is 5.70 Å². The minimum absolute atomic E-state index is 0.0218.